The quantitative estimate of drug-likeness (QED) is 0.440. The van der Waals surface area contributed by atoms with E-state index in [0.29, 0.717) is 0 Å². The molecule has 0 amide bonds. The minimum Gasteiger partial charge on any atom is -0.316 e. The van der Waals surface area contributed by atoms with E-state index in [0.717, 1.165) is 0 Å². The smallest absolute Gasteiger partial charge is 0.186 e. The summed E-state index contributed by atoms with van der Waals surface area (Å²) < 4.78 is 0. The first kappa shape index (κ1) is 8.52. The summed E-state index contributed by atoms with van der Waals surface area (Å²) in [5.74, 6) is 5.33. The van der Waals surface area contributed by atoms with Crippen LogP contribution in [0.2, 0.25) is 0 Å². The van der Waals surface area contributed by atoms with E-state index in [1.54, 1.807) is 0 Å². The Morgan fingerprint density at radius 3 is 3.08 bits per heavy atom. The zero-order valence-corrected chi connectivity index (χ0v) is 6.78. The summed E-state index contributed by atoms with van der Waals surface area (Å²) in [6.07, 6.45) is 3.70. The summed E-state index contributed by atoms with van der Waals surface area (Å²) in [5, 5.41) is 8.52. The summed E-state index contributed by atoms with van der Waals surface area (Å²) in [7, 11) is 0. The third-order valence-corrected chi connectivity index (χ3v) is 1.50. The second-order valence-corrected chi connectivity index (χ2v) is 2.40. The van der Waals surface area contributed by atoms with Crippen molar-refractivity contribution in [2.45, 2.75) is 19.0 Å². The Hall–Kier alpha value is -1.58. The highest BCUT2D eigenvalue weighted by Crippen LogP contribution is 2.02. The summed E-state index contributed by atoms with van der Waals surface area (Å²) >= 11 is 0. The second-order valence-electron chi connectivity index (χ2n) is 2.40. The maximum absolute atomic E-state index is 8.52. The summed E-state index contributed by atoms with van der Waals surface area (Å²) in [5.41, 5.74) is 5.90. The van der Waals surface area contributed by atoms with Crippen molar-refractivity contribution in [3.63, 3.8) is 0 Å². The van der Waals surface area contributed by atoms with E-state index in [-0.39, 0.29) is 17.8 Å². The summed E-state index contributed by atoms with van der Waals surface area (Å²) in [6.45, 7) is 1.89. The van der Waals surface area contributed by atoms with E-state index < -0.39 is 0 Å². The lowest BCUT2D eigenvalue weighted by Crippen LogP contribution is -2.33. The maximum atomic E-state index is 8.52. The van der Waals surface area contributed by atoms with Crippen LogP contribution in [0.15, 0.2) is 17.1 Å². The Morgan fingerprint density at radius 2 is 2.50 bits per heavy atom. The lowest BCUT2D eigenvalue weighted by atomic mass is 10.1. The van der Waals surface area contributed by atoms with E-state index >= 15 is 0 Å². The molecule has 0 aromatic rings. The molecule has 0 saturated carbocycles. The normalized spacial score (nSPS) is 27.2. The molecule has 3 heteroatoms. The summed E-state index contributed by atoms with van der Waals surface area (Å²) in [4.78, 5) is 4.04. The van der Waals surface area contributed by atoms with Gasteiger partial charge in [0.25, 0.3) is 0 Å². The standard InChI is InChI=1S/C9H9N3/c1-2-3-9-8(11)5-4-7(6-10)12-9/h2-3,8-9H,11H2,1H3/b3-2-. The summed E-state index contributed by atoms with van der Waals surface area (Å²) in [6, 6.07) is 1.46. The van der Waals surface area contributed by atoms with Crippen LogP contribution in [-0.4, -0.2) is 17.8 Å². The zero-order chi connectivity index (χ0) is 8.97. The zero-order valence-electron chi connectivity index (χ0n) is 6.78. The fourth-order valence-corrected chi connectivity index (χ4v) is 0.915. The molecule has 0 aromatic carbocycles. The Bertz CT molecular complexity index is 322. The van der Waals surface area contributed by atoms with Crippen molar-refractivity contribution in [2.24, 2.45) is 10.7 Å². The number of hydrogen-bond donors (Lipinski definition) is 1. The highest BCUT2D eigenvalue weighted by molar-refractivity contribution is 6.12. The van der Waals surface area contributed by atoms with Crippen molar-refractivity contribution in [2.75, 3.05) is 0 Å². The highest BCUT2D eigenvalue weighted by Gasteiger charge is 2.14. The Morgan fingerprint density at radius 1 is 1.75 bits per heavy atom. The number of nitrogens with zero attached hydrogens (tertiary/aromatic N) is 2. The van der Waals surface area contributed by atoms with Crippen LogP contribution >= 0.6 is 0 Å². The topological polar surface area (TPSA) is 62.2 Å². The third kappa shape index (κ3) is 1.72. The van der Waals surface area contributed by atoms with Gasteiger partial charge in [-0.05, 0) is 12.8 Å². The average molecular weight is 159 g/mol. The highest BCUT2D eigenvalue weighted by atomic mass is 14.9. The number of rotatable bonds is 1. The number of allylic oxidation sites excluding steroid dienone is 1. The fraction of sp³-hybridized carbons (Fsp3) is 0.333. The average Bonchev–Trinajstić information content (AvgIpc) is 2.09. The molecule has 0 saturated heterocycles. The monoisotopic (exact) mass is 159 g/mol. The lowest BCUT2D eigenvalue weighted by molar-refractivity contribution is 0.722. The first-order valence-corrected chi connectivity index (χ1v) is 3.65. The van der Waals surface area contributed by atoms with E-state index in [4.69, 9.17) is 11.0 Å². The van der Waals surface area contributed by atoms with Gasteiger partial charge in [0.05, 0.1) is 12.1 Å². The van der Waals surface area contributed by atoms with Gasteiger partial charge in [-0.2, -0.15) is 5.26 Å². The van der Waals surface area contributed by atoms with Crippen LogP contribution in [0.1, 0.15) is 6.92 Å². The van der Waals surface area contributed by atoms with Gasteiger partial charge in [0.1, 0.15) is 6.07 Å². The molecule has 0 aromatic heterocycles. The maximum Gasteiger partial charge on any atom is 0.186 e. The predicted octanol–water partition coefficient (Wildman–Crippen LogP) is 0.240. The molecule has 1 aliphatic heterocycles. The van der Waals surface area contributed by atoms with E-state index in [2.05, 4.69) is 16.8 Å². The van der Waals surface area contributed by atoms with Crippen LogP contribution < -0.4 is 5.73 Å². The van der Waals surface area contributed by atoms with Gasteiger partial charge >= 0.3 is 0 Å². The molecule has 2 atom stereocenters. The molecule has 3 nitrogen and oxygen atoms in total. The Balaban J connectivity index is 2.88. The Kier molecular flexibility index (Phi) is 2.63. The largest absolute Gasteiger partial charge is 0.316 e. The van der Waals surface area contributed by atoms with Crippen LogP contribution in [-0.2, 0) is 0 Å². The molecule has 12 heavy (non-hydrogen) atoms. The van der Waals surface area contributed by atoms with Crippen molar-refractivity contribution in [3.8, 4) is 17.9 Å². The number of aliphatic imine (C=N–C) groups is 1. The van der Waals surface area contributed by atoms with Gasteiger partial charge in [-0.3, -0.25) is 4.99 Å². The molecule has 2 N–H and O–H groups in total. The molecule has 2 unspecified atom stereocenters. The van der Waals surface area contributed by atoms with Gasteiger partial charge in [-0.25, -0.2) is 0 Å². The van der Waals surface area contributed by atoms with Crippen molar-refractivity contribution < 1.29 is 0 Å². The van der Waals surface area contributed by atoms with Gasteiger partial charge < -0.3 is 5.73 Å². The van der Waals surface area contributed by atoms with E-state index in [1.807, 2.05) is 25.1 Å². The van der Waals surface area contributed by atoms with Crippen LogP contribution in [0.5, 0.6) is 0 Å². The Labute approximate surface area is 71.6 Å². The van der Waals surface area contributed by atoms with Crippen LogP contribution in [0.3, 0.4) is 0 Å². The van der Waals surface area contributed by atoms with Crippen molar-refractivity contribution in [3.05, 3.63) is 12.2 Å². The third-order valence-electron chi connectivity index (χ3n) is 1.50. The molecule has 0 aliphatic carbocycles. The molecule has 1 aliphatic rings. The first-order chi connectivity index (χ1) is 5.77. The van der Waals surface area contributed by atoms with E-state index in [1.165, 1.54) is 0 Å². The van der Waals surface area contributed by atoms with Crippen molar-refractivity contribution >= 4 is 5.71 Å². The molecule has 0 bridgehead atoms. The van der Waals surface area contributed by atoms with Crippen LogP contribution in [0.4, 0.5) is 0 Å². The molecule has 0 spiro atoms. The number of nitrogens with two attached hydrogens (primary N) is 1. The number of nitriles is 1. The van der Waals surface area contributed by atoms with Gasteiger partial charge in [-0.15, -0.1) is 0 Å². The molecule has 60 valence electrons. The van der Waals surface area contributed by atoms with Crippen molar-refractivity contribution in [1.82, 2.24) is 0 Å². The molecule has 1 rings (SSSR count). The predicted molar refractivity (Wildman–Crippen MR) is 47.4 cm³/mol. The second kappa shape index (κ2) is 3.71. The SMILES string of the molecule is C/C=C\C1N=C(C#N)C#CC1N. The van der Waals surface area contributed by atoms with Crippen LogP contribution in [0, 0.1) is 23.2 Å². The molecular weight excluding hydrogens is 150 g/mol. The first-order valence-electron chi connectivity index (χ1n) is 3.65. The van der Waals surface area contributed by atoms with Gasteiger partial charge in [0, 0.05) is 0 Å². The van der Waals surface area contributed by atoms with Gasteiger partial charge in [-0.1, -0.05) is 18.1 Å². The minimum absolute atomic E-state index is 0.161. The molecule has 0 fully saturated rings. The van der Waals surface area contributed by atoms with Gasteiger partial charge in [0.15, 0.2) is 5.71 Å². The fourth-order valence-electron chi connectivity index (χ4n) is 0.915. The minimum atomic E-state index is -0.279. The van der Waals surface area contributed by atoms with Crippen molar-refractivity contribution in [1.29, 1.82) is 5.26 Å². The van der Waals surface area contributed by atoms with Gasteiger partial charge in [0.2, 0.25) is 0 Å². The molecule has 0 radical (unpaired) electrons. The van der Waals surface area contributed by atoms with Crippen LogP contribution in [0.25, 0.3) is 0 Å². The molecule has 1 heterocycles. The molecular formula is C9H9N3. The number of hydrogen-bond acceptors (Lipinski definition) is 3. The lowest BCUT2D eigenvalue weighted by Gasteiger charge is -2.13. The van der Waals surface area contributed by atoms with E-state index in [9.17, 15) is 0 Å².